The molecule has 1 aliphatic rings. The van der Waals surface area contributed by atoms with Crippen LogP contribution in [0.2, 0.25) is 0 Å². The molecule has 1 fully saturated rings. The second-order valence-electron chi connectivity index (χ2n) is 16.8. The van der Waals surface area contributed by atoms with E-state index in [-0.39, 0.29) is 55.5 Å². The molecule has 3 aromatic carbocycles. The average Bonchev–Trinajstić information content (AvgIpc) is 4.01. The van der Waals surface area contributed by atoms with E-state index >= 15 is 0 Å². The SMILES string of the molecule is CCCCCCCCCCCC[C@H](OCc1ccc(OCCCC(F)(F)C(F)(F)F)cc1)[C@H]1CC[C@H]([C@@H](CCCS(=O)(=O)c2nnnn2-c2ccccc2)OCc2ccc(OC)cc2)O1. The molecular weight excluding hydrogens is 872 g/mol. The Bertz CT molecular complexity index is 2040. The van der Waals surface area contributed by atoms with Gasteiger partial charge in [-0.3, -0.25) is 0 Å². The molecule has 2 heterocycles. The van der Waals surface area contributed by atoms with Crippen LogP contribution in [0, 0.1) is 0 Å². The van der Waals surface area contributed by atoms with Gasteiger partial charge in [0.15, 0.2) is 0 Å². The third-order valence-electron chi connectivity index (χ3n) is 11.7. The molecular formula is C48H65F5N4O7S. The van der Waals surface area contributed by atoms with Crippen molar-refractivity contribution in [3.8, 4) is 17.2 Å². The highest BCUT2D eigenvalue weighted by molar-refractivity contribution is 7.91. The van der Waals surface area contributed by atoms with E-state index in [0.29, 0.717) is 24.3 Å². The van der Waals surface area contributed by atoms with Gasteiger partial charge in [0.1, 0.15) is 11.5 Å². The quantitative estimate of drug-likeness (QED) is 0.0356. The molecule has 0 saturated carbocycles. The van der Waals surface area contributed by atoms with Gasteiger partial charge >= 0.3 is 12.1 Å². The molecule has 0 aliphatic carbocycles. The van der Waals surface area contributed by atoms with Gasteiger partial charge in [0.2, 0.25) is 9.84 Å². The van der Waals surface area contributed by atoms with Crippen molar-refractivity contribution in [3.05, 3.63) is 90.0 Å². The molecule has 0 unspecified atom stereocenters. The molecule has 0 radical (unpaired) electrons. The monoisotopic (exact) mass is 936 g/mol. The van der Waals surface area contributed by atoms with E-state index in [1.54, 1.807) is 55.6 Å². The minimum Gasteiger partial charge on any atom is -0.497 e. The summed E-state index contributed by atoms with van der Waals surface area (Å²) < 4.78 is 123. The molecule has 1 saturated heterocycles. The Kier molecular flexibility index (Phi) is 20.9. The van der Waals surface area contributed by atoms with Crippen LogP contribution in [-0.2, 0) is 37.3 Å². The van der Waals surface area contributed by atoms with Gasteiger partial charge in [-0.1, -0.05) is 119 Å². The van der Waals surface area contributed by atoms with Gasteiger partial charge < -0.3 is 23.7 Å². The maximum absolute atomic E-state index is 13.6. The number of methoxy groups -OCH3 is 1. The first-order valence-electron chi connectivity index (χ1n) is 23.0. The van der Waals surface area contributed by atoms with Crippen LogP contribution in [0.1, 0.15) is 127 Å². The van der Waals surface area contributed by atoms with Crippen molar-refractivity contribution in [2.75, 3.05) is 19.5 Å². The smallest absolute Gasteiger partial charge is 0.453 e. The van der Waals surface area contributed by atoms with Crippen molar-refractivity contribution in [3.63, 3.8) is 0 Å². The zero-order valence-electron chi connectivity index (χ0n) is 37.6. The normalized spacial score (nSPS) is 16.7. The van der Waals surface area contributed by atoms with Gasteiger partial charge in [0, 0.05) is 6.42 Å². The third kappa shape index (κ3) is 16.9. The van der Waals surface area contributed by atoms with Crippen molar-refractivity contribution in [2.24, 2.45) is 0 Å². The lowest BCUT2D eigenvalue weighted by molar-refractivity contribution is -0.284. The zero-order chi connectivity index (χ0) is 46.5. The lowest BCUT2D eigenvalue weighted by atomic mass is 10.0. The molecule has 0 N–H and O–H groups in total. The van der Waals surface area contributed by atoms with Crippen LogP contribution >= 0.6 is 0 Å². The van der Waals surface area contributed by atoms with E-state index in [1.165, 1.54) is 49.6 Å². The number of halogens is 5. The van der Waals surface area contributed by atoms with E-state index < -0.39 is 40.9 Å². The summed E-state index contributed by atoms with van der Waals surface area (Å²) in [6.07, 6.45) is 6.26. The predicted molar refractivity (Wildman–Crippen MR) is 237 cm³/mol. The van der Waals surface area contributed by atoms with Gasteiger partial charge in [-0.25, -0.2) is 8.42 Å². The number of sulfone groups is 1. The number of ether oxygens (including phenoxy) is 5. The Morgan fingerprint density at radius 2 is 1.25 bits per heavy atom. The van der Waals surface area contributed by atoms with Crippen LogP contribution in [0.3, 0.4) is 0 Å². The van der Waals surface area contributed by atoms with Crippen molar-refractivity contribution >= 4 is 9.84 Å². The number of nitrogens with zero attached hydrogens (tertiary/aromatic N) is 4. The van der Waals surface area contributed by atoms with Crippen molar-refractivity contribution in [1.29, 1.82) is 0 Å². The lowest BCUT2D eigenvalue weighted by Crippen LogP contribution is -2.36. The maximum atomic E-state index is 13.6. The Morgan fingerprint density at radius 3 is 1.80 bits per heavy atom. The number of hydrogen-bond donors (Lipinski definition) is 0. The van der Waals surface area contributed by atoms with Gasteiger partial charge in [0.05, 0.1) is 62.8 Å². The second-order valence-corrected chi connectivity index (χ2v) is 18.8. The highest BCUT2D eigenvalue weighted by atomic mass is 32.2. The molecule has 4 atom stereocenters. The van der Waals surface area contributed by atoms with Crippen LogP contribution in [0.4, 0.5) is 22.0 Å². The summed E-state index contributed by atoms with van der Waals surface area (Å²) in [6.45, 7) is 2.50. The fourth-order valence-electron chi connectivity index (χ4n) is 7.93. The van der Waals surface area contributed by atoms with Gasteiger partial charge in [-0.15, -0.1) is 0 Å². The summed E-state index contributed by atoms with van der Waals surface area (Å²) in [7, 11) is -2.26. The average molecular weight is 937 g/mol. The fourth-order valence-corrected chi connectivity index (χ4v) is 9.22. The number of tetrazole rings is 1. The maximum Gasteiger partial charge on any atom is 0.453 e. The van der Waals surface area contributed by atoms with E-state index in [0.717, 1.165) is 49.0 Å². The summed E-state index contributed by atoms with van der Waals surface area (Å²) in [5, 5.41) is 11.2. The van der Waals surface area contributed by atoms with E-state index in [2.05, 4.69) is 22.4 Å². The second kappa shape index (κ2) is 26.2. The Balaban J connectivity index is 1.21. The van der Waals surface area contributed by atoms with Crippen LogP contribution < -0.4 is 9.47 Å². The number of hydrogen-bond acceptors (Lipinski definition) is 10. The number of para-hydroxylation sites is 1. The number of rotatable bonds is 31. The highest BCUT2D eigenvalue weighted by Crippen LogP contribution is 2.39. The predicted octanol–water partition coefficient (Wildman–Crippen LogP) is 11.6. The molecule has 1 aliphatic heterocycles. The highest BCUT2D eigenvalue weighted by Gasteiger charge is 2.56. The number of unbranched alkanes of at least 4 members (excludes halogenated alkanes) is 9. The number of aromatic nitrogens is 4. The molecule has 0 spiro atoms. The fraction of sp³-hybridized carbons (Fsp3) is 0.604. The topological polar surface area (TPSA) is 124 Å². The Hall–Kier alpha value is -4.19. The van der Waals surface area contributed by atoms with Crippen molar-refractivity contribution < 1.29 is 54.1 Å². The van der Waals surface area contributed by atoms with E-state index in [4.69, 9.17) is 23.7 Å². The molecule has 360 valence electrons. The van der Waals surface area contributed by atoms with Gasteiger partial charge in [-0.2, -0.15) is 26.6 Å². The zero-order valence-corrected chi connectivity index (χ0v) is 38.4. The van der Waals surface area contributed by atoms with Crippen LogP contribution in [0.15, 0.2) is 84.0 Å². The van der Waals surface area contributed by atoms with Crippen LogP contribution in [0.25, 0.3) is 5.69 Å². The number of alkyl halides is 5. The lowest BCUT2D eigenvalue weighted by Gasteiger charge is -2.28. The standard InChI is InChI=1S/C48H65F5N4O7S/c1-3-4-5-6-7-8-9-10-11-15-20-42(62-36-38-24-28-41(29-25-38)61-33-17-32-47(49,50)48(51,52)53)44-30-31-45(64-44)43(63-35-37-22-26-40(60-2)27-23-37)21-16-34-65(58,59)46-54-55-56-57(46)39-18-13-12-14-19-39/h12-14,18-19,22-29,42-45H,3-11,15-17,20-21,30-36H2,1-2H3/t42-,43+,44+,45+/m0/s1. The Labute approximate surface area is 380 Å². The molecule has 11 nitrogen and oxygen atoms in total. The molecule has 4 aromatic rings. The molecule has 1 aromatic heterocycles. The van der Waals surface area contributed by atoms with Crippen molar-refractivity contribution in [1.82, 2.24) is 20.2 Å². The molecule has 65 heavy (non-hydrogen) atoms. The largest absolute Gasteiger partial charge is 0.497 e. The minimum absolute atomic E-state index is 0.193. The molecule has 0 bridgehead atoms. The first kappa shape index (κ1) is 51.8. The third-order valence-corrected chi connectivity index (χ3v) is 13.3. The minimum atomic E-state index is -5.59. The first-order valence-corrected chi connectivity index (χ1v) is 24.7. The van der Waals surface area contributed by atoms with Crippen LogP contribution in [0.5, 0.6) is 11.5 Å². The van der Waals surface area contributed by atoms with E-state index in [1.807, 2.05) is 30.3 Å². The van der Waals surface area contributed by atoms with Crippen LogP contribution in [-0.4, -0.2) is 84.6 Å². The molecule has 0 amide bonds. The summed E-state index contributed by atoms with van der Waals surface area (Å²) in [6, 6.07) is 23.3. The number of benzene rings is 3. The van der Waals surface area contributed by atoms with Gasteiger partial charge in [-0.05, 0) is 96.5 Å². The van der Waals surface area contributed by atoms with Crippen molar-refractivity contribution in [2.45, 2.75) is 171 Å². The summed E-state index contributed by atoms with van der Waals surface area (Å²) >= 11 is 0. The Morgan fingerprint density at radius 1 is 0.708 bits per heavy atom. The summed E-state index contributed by atoms with van der Waals surface area (Å²) in [5.74, 6) is -3.87. The van der Waals surface area contributed by atoms with Gasteiger partial charge in [0.25, 0.3) is 5.16 Å². The van der Waals surface area contributed by atoms with E-state index in [9.17, 15) is 30.4 Å². The summed E-state index contributed by atoms with van der Waals surface area (Å²) in [5.41, 5.74) is 2.31. The first-order chi connectivity index (χ1) is 31.3. The molecule has 5 rings (SSSR count). The summed E-state index contributed by atoms with van der Waals surface area (Å²) in [4.78, 5) is 0. The molecule has 17 heteroatoms.